The van der Waals surface area contributed by atoms with Gasteiger partial charge in [-0.2, -0.15) is 4.39 Å². The molecule has 0 heterocycles. The number of hydrogen-bond acceptors (Lipinski definition) is 3. The Morgan fingerprint density at radius 2 is 1.95 bits per heavy atom. The molecular weight excluding hydrogens is 278 g/mol. The minimum absolute atomic E-state index is 0.182. The van der Waals surface area contributed by atoms with Crippen LogP contribution in [0.1, 0.15) is 56.3 Å². The molecule has 0 fully saturated rings. The predicted octanol–water partition coefficient (Wildman–Crippen LogP) is 4.43. The van der Waals surface area contributed by atoms with Crippen LogP contribution in [0.5, 0.6) is 5.75 Å². The molecular formula is C16H22F2O3. The highest BCUT2D eigenvalue weighted by Gasteiger charge is 2.19. The van der Waals surface area contributed by atoms with E-state index >= 15 is 0 Å². The van der Waals surface area contributed by atoms with Crippen molar-refractivity contribution in [3.05, 3.63) is 29.3 Å². The van der Waals surface area contributed by atoms with Gasteiger partial charge in [-0.25, -0.2) is 9.18 Å². The number of phenolic OH excluding ortho intramolecular Hbond substituents is 1. The molecule has 118 valence electrons. The fourth-order valence-electron chi connectivity index (χ4n) is 1.92. The molecule has 0 saturated carbocycles. The molecule has 0 saturated heterocycles. The summed E-state index contributed by atoms with van der Waals surface area (Å²) in [7, 11) is 0. The highest BCUT2D eigenvalue weighted by atomic mass is 19.2. The molecule has 0 aliphatic carbocycles. The van der Waals surface area contributed by atoms with Crippen LogP contribution in [0.15, 0.2) is 12.1 Å². The van der Waals surface area contributed by atoms with Gasteiger partial charge in [0.15, 0.2) is 11.6 Å². The predicted molar refractivity (Wildman–Crippen MR) is 76.2 cm³/mol. The minimum Gasteiger partial charge on any atom is -0.505 e. The molecule has 0 spiro atoms. The molecule has 1 rings (SSSR count). The zero-order valence-electron chi connectivity index (χ0n) is 12.5. The third kappa shape index (κ3) is 5.33. The molecule has 0 aliphatic rings. The van der Waals surface area contributed by atoms with E-state index < -0.39 is 28.9 Å². The van der Waals surface area contributed by atoms with Crippen molar-refractivity contribution in [1.29, 1.82) is 0 Å². The summed E-state index contributed by atoms with van der Waals surface area (Å²) in [5, 5.41) is 8.98. The molecule has 0 aromatic heterocycles. The Morgan fingerprint density at radius 1 is 1.24 bits per heavy atom. The topological polar surface area (TPSA) is 46.5 Å². The molecule has 0 amide bonds. The van der Waals surface area contributed by atoms with Crippen molar-refractivity contribution in [3.8, 4) is 5.75 Å². The van der Waals surface area contributed by atoms with Crippen LogP contribution >= 0.6 is 0 Å². The summed E-state index contributed by atoms with van der Waals surface area (Å²) in [6.07, 6.45) is 4.99. The Balaban J connectivity index is 2.33. The fraction of sp³-hybridized carbons (Fsp3) is 0.562. The van der Waals surface area contributed by atoms with Crippen molar-refractivity contribution in [2.75, 3.05) is 6.61 Å². The zero-order chi connectivity index (χ0) is 15.8. The molecule has 1 aromatic rings. The maximum Gasteiger partial charge on any atom is 0.341 e. The number of benzene rings is 1. The maximum absolute atomic E-state index is 13.4. The summed E-state index contributed by atoms with van der Waals surface area (Å²) in [4.78, 5) is 11.6. The number of carbonyl (C=O) groups is 1. The van der Waals surface area contributed by atoms with Crippen LogP contribution in [0.3, 0.4) is 0 Å². The minimum atomic E-state index is -1.43. The number of aromatic hydroxyl groups is 1. The largest absolute Gasteiger partial charge is 0.505 e. The van der Waals surface area contributed by atoms with E-state index in [4.69, 9.17) is 9.84 Å². The van der Waals surface area contributed by atoms with Gasteiger partial charge in [0.1, 0.15) is 0 Å². The van der Waals surface area contributed by atoms with E-state index in [0.717, 1.165) is 37.8 Å². The summed E-state index contributed by atoms with van der Waals surface area (Å²) in [6.45, 7) is 4.53. The molecule has 0 bridgehead atoms. The van der Waals surface area contributed by atoms with E-state index in [-0.39, 0.29) is 6.61 Å². The van der Waals surface area contributed by atoms with E-state index in [1.807, 2.05) is 0 Å². The number of halogens is 2. The van der Waals surface area contributed by atoms with Crippen molar-refractivity contribution in [2.45, 2.75) is 46.0 Å². The monoisotopic (exact) mass is 300 g/mol. The Bertz CT molecular complexity index is 475. The summed E-state index contributed by atoms with van der Waals surface area (Å²) in [5.41, 5.74) is -0.495. The van der Waals surface area contributed by atoms with Crippen LogP contribution in [0.25, 0.3) is 0 Å². The lowest BCUT2D eigenvalue weighted by Crippen LogP contribution is -2.10. The molecule has 1 N–H and O–H groups in total. The highest BCUT2D eigenvalue weighted by Crippen LogP contribution is 2.21. The van der Waals surface area contributed by atoms with Crippen LogP contribution in [-0.2, 0) is 4.74 Å². The molecule has 3 nitrogen and oxygen atoms in total. The molecule has 1 aromatic carbocycles. The van der Waals surface area contributed by atoms with Crippen molar-refractivity contribution >= 4 is 5.97 Å². The second kappa shape index (κ2) is 8.60. The lowest BCUT2D eigenvalue weighted by Gasteiger charge is -2.08. The summed E-state index contributed by atoms with van der Waals surface area (Å²) >= 11 is 0. The first kappa shape index (κ1) is 17.4. The van der Waals surface area contributed by atoms with Crippen LogP contribution in [0.2, 0.25) is 0 Å². The van der Waals surface area contributed by atoms with Gasteiger partial charge in [0.25, 0.3) is 0 Å². The van der Waals surface area contributed by atoms with Gasteiger partial charge >= 0.3 is 5.97 Å². The Morgan fingerprint density at radius 3 is 2.62 bits per heavy atom. The standard InChI is InChI=1S/C16H22F2O3/c1-3-11(2)7-5-4-6-10-21-16(20)12-8-9-13(19)15(18)14(12)17/h8-9,11,19H,3-7,10H2,1-2H3. The number of rotatable bonds is 8. The van der Waals surface area contributed by atoms with E-state index in [9.17, 15) is 13.6 Å². The molecule has 0 aliphatic heterocycles. The second-order valence-corrected chi connectivity index (χ2v) is 5.26. The number of carbonyl (C=O) groups excluding carboxylic acids is 1. The maximum atomic E-state index is 13.4. The van der Waals surface area contributed by atoms with Crippen molar-refractivity contribution in [2.24, 2.45) is 5.92 Å². The molecule has 1 atom stereocenters. The Labute approximate surface area is 123 Å². The lowest BCUT2D eigenvalue weighted by atomic mass is 10.0. The second-order valence-electron chi connectivity index (χ2n) is 5.26. The highest BCUT2D eigenvalue weighted by molar-refractivity contribution is 5.89. The molecule has 21 heavy (non-hydrogen) atoms. The van der Waals surface area contributed by atoms with Gasteiger partial charge in [-0.1, -0.05) is 39.5 Å². The first-order valence-corrected chi connectivity index (χ1v) is 7.31. The van der Waals surface area contributed by atoms with Gasteiger partial charge in [-0.15, -0.1) is 0 Å². The van der Waals surface area contributed by atoms with Crippen molar-refractivity contribution in [1.82, 2.24) is 0 Å². The normalized spacial score (nSPS) is 12.2. The van der Waals surface area contributed by atoms with Crippen LogP contribution < -0.4 is 0 Å². The SMILES string of the molecule is CCC(C)CCCCCOC(=O)c1ccc(O)c(F)c1F. The number of phenols is 1. The average molecular weight is 300 g/mol. The quantitative estimate of drug-likeness (QED) is 0.570. The van der Waals surface area contributed by atoms with Gasteiger partial charge in [-0.3, -0.25) is 0 Å². The van der Waals surface area contributed by atoms with E-state index in [1.54, 1.807) is 0 Å². The lowest BCUT2D eigenvalue weighted by molar-refractivity contribution is 0.0490. The average Bonchev–Trinajstić information content (AvgIpc) is 2.47. The number of esters is 1. The first-order valence-electron chi connectivity index (χ1n) is 7.31. The molecule has 5 heteroatoms. The van der Waals surface area contributed by atoms with Gasteiger partial charge in [0.2, 0.25) is 5.82 Å². The zero-order valence-corrected chi connectivity index (χ0v) is 12.5. The third-order valence-corrected chi connectivity index (χ3v) is 3.55. The first-order chi connectivity index (χ1) is 9.97. The van der Waals surface area contributed by atoms with E-state index in [2.05, 4.69) is 13.8 Å². The summed E-state index contributed by atoms with van der Waals surface area (Å²) < 4.78 is 31.5. The molecule has 0 radical (unpaired) electrons. The third-order valence-electron chi connectivity index (χ3n) is 3.55. The van der Waals surface area contributed by atoms with Crippen LogP contribution in [-0.4, -0.2) is 17.7 Å². The number of hydrogen-bond donors (Lipinski definition) is 1. The number of unbranched alkanes of at least 4 members (excludes halogenated alkanes) is 2. The fourth-order valence-corrected chi connectivity index (χ4v) is 1.92. The summed E-state index contributed by atoms with van der Waals surface area (Å²) in [5.74, 6) is -3.85. The van der Waals surface area contributed by atoms with Gasteiger partial charge in [0, 0.05) is 0 Å². The Hall–Kier alpha value is -1.65. The van der Waals surface area contributed by atoms with Crippen molar-refractivity contribution < 1.29 is 23.4 Å². The van der Waals surface area contributed by atoms with Gasteiger partial charge < -0.3 is 9.84 Å². The number of ether oxygens (including phenoxy) is 1. The van der Waals surface area contributed by atoms with Crippen LogP contribution in [0.4, 0.5) is 8.78 Å². The van der Waals surface area contributed by atoms with Crippen molar-refractivity contribution in [3.63, 3.8) is 0 Å². The van der Waals surface area contributed by atoms with E-state index in [1.165, 1.54) is 0 Å². The molecule has 1 unspecified atom stereocenters. The van der Waals surface area contributed by atoms with Crippen LogP contribution in [0, 0.1) is 17.6 Å². The Kier molecular flexibility index (Phi) is 7.12. The van der Waals surface area contributed by atoms with E-state index in [0.29, 0.717) is 12.3 Å². The van der Waals surface area contributed by atoms with Gasteiger partial charge in [0.05, 0.1) is 12.2 Å². The smallest absolute Gasteiger partial charge is 0.341 e. The van der Waals surface area contributed by atoms with Gasteiger partial charge in [-0.05, 0) is 24.5 Å². The summed E-state index contributed by atoms with van der Waals surface area (Å²) in [6, 6.07) is 1.94.